The highest BCUT2D eigenvalue weighted by Crippen LogP contribution is 2.34. The van der Waals surface area contributed by atoms with Crippen LogP contribution in [0.5, 0.6) is 0 Å². The monoisotopic (exact) mass is 434 g/mol. The van der Waals surface area contributed by atoms with Gasteiger partial charge in [0.25, 0.3) is 5.91 Å². The number of amides is 1. The van der Waals surface area contributed by atoms with Crippen molar-refractivity contribution in [3.63, 3.8) is 0 Å². The van der Waals surface area contributed by atoms with Gasteiger partial charge < -0.3 is 10.1 Å². The predicted molar refractivity (Wildman–Crippen MR) is 104 cm³/mol. The Morgan fingerprint density at radius 1 is 1.03 bits per heavy atom. The first-order valence-corrected chi connectivity index (χ1v) is 8.97. The summed E-state index contributed by atoms with van der Waals surface area (Å²) in [6, 6.07) is 13.6. The van der Waals surface area contributed by atoms with Crippen molar-refractivity contribution in [1.82, 2.24) is 4.98 Å². The number of nitrogens with zero attached hydrogens (tertiary/aromatic N) is 1. The highest BCUT2D eigenvalue weighted by molar-refractivity contribution is 6.33. The summed E-state index contributed by atoms with van der Waals surface area (Å²) in [5.74, 6) is -1.68. The molecule has 0 aliphatic carbocycles. The first kappa shape index (κ1) is 21.3. The van der Waals surface area contributed by atoms with E-state index in [1.165, 1.54) is 24.5 Å². The van der Waals surface area contributed by atoms with Crippen molar-refractivity contribution in [2.75, 3.05) is 5.32 Å². The quantitative estimate of drug-likeness (QED) is 0.554. The van der Waals surface area contributed by atoms with Crippen molar-refractivity contribution in [3.8, 4) is 0 Å². The van der Waals surface area contributed by atoms with Crippen LogP contribution in [0.15, 0.2) is 73.1 Å². The van der Waals surface area contributed by atoms with E-state index in [-0.39, 0.29) is 16.3 Å². The number of carbonyl (C=O) groups excluding carboxylic acids is 2. The van der Waals surface area contributed by atoms with Crippen LogP contribution in [0.1, 0.15) is 27.6 Å². The first-order valence-electron chi connectivity index (χ1n) is 8.59. The molecule has 0 spiro atoms. The van der Waals surface area contributed by atoms with Gasteiger partial charge in [0.15, 0.2) is 0 Å². The van der Waals surface area contributed by atoms with E-state index in [1.54, 1.807) is 30.3 Å². The van der Waals surface area contributed by atoms with Crippen LogP contribution in [0.4, 0.5) is 18.9 Å². The van der Waals surface area contributed by atoms with Gasteiger partial charge >= 0.3 is 12.1 Å². The summed E-state index contributed by atoms with van der Waals surface area (Å²) in [5.41, 5.74) is -0.792. The van der Waals surface area contributed by atoms with Gasteiger partial charge in [0, 0.05) is 18.0 Å². The fourth-order valence-corrected chi connectivity index (χ4v) is 2.72. The van der Waals surface area contributed by atoms with Crippen molar-refractivity contribution in [1.29, 1.82) is 0 Å². The van der Waals surface area contributed by atoms with Crippen LogP contribution in [0.2, 0.25) is 5.02 Å². The van der Waals surface area contributed by atoms with Crippen molar-refractivity contribution >= 4 is 29.2 Å². The van der Waals surface area contributed by atoms with E-state index in [0.29, 0.717) is 11.6 Å². The second kappa shape index (κ2) is 8.96. The lowest BCUT2D eigenvalue weighted by Gasteiger charge is -2.19. The van der Waals surface area contributed by atoms with Crippen molar-refractivity contribution in [2.45, 2.75) is 12.3 Å². The Morgan fingerprint density at radius 3 is 2.40 bits per heavy atom. The van der Waals surface area contributed by atoms with Gasteiger partial charge in [-0.05, 0) is 30.3 Å². The molecule has 1 N–H and O–H groups in total. The van der Waals surface area contributed by atoms with Crippen molar-refractivity contribution in [3.05, 3.63) is 94.8 Å². The van der Waals surface area contributed by atoms with Gasteiger partial charge in [-0.2, -0.15) is 13.2 Å². The summed E-state index contributed by atoms with van der Waals surface area (Å²) >= 11 is 5.94. The molecule has 1 unspecified atom stereocenters. The van der Waals surface area contributed by atoms with Gasteiger partial charge in [0.1, 0.15) is 0 Å². The molecular weight excluding hydrogens is 421 g/mol. The second-order valence-corrected chi connectivity index (χ2v) is 6.53. The number of pyridine rings is 1. The van der Waals surface area contributed by atoms with Crippen molar-refractivity contribution in [2.24, 2.45) is 0 Å². The summed E-state index contributed by atoms with van der Waals surface area (Å²) in [6.45, 7) is 0. The van der Waals surface area contributed by atoms with Crippen molar-refractivity contribution < 1.29 is 27.5 Å². The number of anilines is 1. The normalized spacial score (nSPS) is 12.1. The lowest BCUT2D eigenvalue weighted by Crippen LogP contribution is -2.26. The molecule has 3 rings (SSSR count). The van der Waals surface area contributed by atoms with E-state index in [4.69, 9.17) is 16.3 Å². The third-order valence-electron chi connectivity index (χ3n) is 4.01. The van der Waals surface area contributed by atoms with E-state index in [1.807, 2.05) is 0 Å². The van der Waals surface area contributed by atoms with Crippen LogP contribution in [0, 0.1) is 0 Å². The van der Waals surface area contributed by atoms with Crippen LogP contribution in [-0.4, -0.2) is 16.9 Å². The van der Waals surface area contributed by atoms with E-state index in [0.717, 1.165) is 12.1 Å². The number of halogens is 4. The van der Waals surface area contributed by atoms with E-state index in [2.05, 4.69) is 10.3 Å². The largest absolute Gasteiger partial charge is 0.444 e. The number of hydrogen-bond donors (Lipinski definition) is 1. The average Bonchev–Trinajstić information content (AvgIpc) is 2.73. The smallest absolute Gasteiger partial charge is 0.416 e. The van der Waals surface area contributed by atoms with Gasteiger partial charge in [0.2, 0.25) is 6.10 Å². The Hall–Kier alpha value is -3.39. The number of rotatable bonds is 5. The predicted octanol–water partition coefficient (Wildman–Crippen LogP) is 5.29. The molecule has 30 heavy (non-hydrogen) atoms. The summed E-state index contributed by atoms with van der Waals surface area (Å²) < 4.78 is 44.3. The van der Waals surface area contributed by atoms with Gasteiger partial charge in [-0.25, -0.2) is 4.79 Å². The molecule has 0 saturated carbocycles. The number of aromatic nitrogens is 1. The molecular formula is C21H14ClF3N2O3. The van der Waals surface area contributed by atoms with Crippen LogP contribution in [0.3, 0.4) is 0 Å². The zero-order valence-corrected chi connectivity index (χ0v) is 15.9. The molecule has 0 saturated heterocycles. The molecule has 1 heterocycles. The minimum absolute atomic E-state index is 0.0956. The summed E-state index contributed by atoms with van der Waals surface area (Å²) in [7, 11) is 0. The molecule has 1 aromatic heterocycles. The Balaban J connectivity index is 1.89. The molecule has 0 bridgehead atoms. The molecule has 0 fully saturated rings. The minimum atomic E-state index is -4.62. The zero-order chi connectivity index (χ0) is 21.7. The number of ether oxygens (including phenoxy) is 1. The fraction of sp³-hybridized carbons (Fsp3) is 0.0952. The van der Waals surface area contributed by atoms with E-state index in [9.17, 15) is 22.8 Å². The third kappa shape index (κ3) is 5.15. The first-order chi connectivity index (χ1) is 14.3. The topological polar surface area (TPSA) is 68.3 Å². The number of hydrogen-bond acceptors (Lipinski definition) is 4. The number of nitrogens with one attached hydrogen (secondary N) is 1. The Kier molecular flexibility index (Phi) is 6.37. The lowest BCUT2D eigenvalue weighted by atomic mass is 10.1. The SMILES string of the molecule is O=C(OC(C(=O)Nc1cc(C(F)(F)F)ccc1Cl)c1ccccc1)c1cccnc1. The Bertz CT molecular complexity index is 1040. The van der Waals surface area contributed by atoms with Gasteiger partial charge in [-0.15, -0.1) is 0 Å². The number of esters is 1. The summed E-state index contributed by atoms with van der Waals surface area (Å²) in [4.78, 5) is 29.1. The molecule has 2 aromatic carbocycles. The summed E-state index contributed by atoms with van der Waals surface area (Å²) in [5, 5.41) is 2.22. The third-order valence-corrected chi connectivity index (χ3v) is 4.34. The fourth-order valence-electron chi connectivity index (χ4n) is 2.56. The standard InChI is InChI=1S/C21H14ClF3N2O3/c22-16-9-8-15(21(23,24)25)11-17(16)27-19(28)18(13-5-2-1-3-6-13)30-20(29)14-7-4-10-26-12-14/h1-12,18H,(H,27,28). The summed E-state index contributed by atoms with van der Waals surface area (Å²) in [6.07, 6.45) is -3.31. The minimum Gasteiger partial charge on any atom is -0.444 e. The average molecular weight is 435 g/mol. The van der Waals surface area contributed by atoms with Crippen LogP contribution in [0.25, 0.3) is 0 Å². The molecule has 0 radical (unpaired) electrons. The molecule has 9 heteroatoms. The van der Waals surface area contributed by atoms with Gasteiger partial charge in [0.05, 0.1) is 21.8 Å². The molecule has 3 aromatic rings. The molecule has 5 nitrogen and oxygen atoms in total. The maximum atomic E-state index is 13.0. The lowest BCUT2D eigenvalue weighted by molar-refractivity contribution is -0.137. The Morgan fingerprint density at radius 2 is 1.77 bits per heavy atom. The number of benzene rings is 2. The highest BCUT2D eigenvalue weighted by Gasteiger charge is 2.32. The zero-order valence-electron chi connectivity index (χ0n) is 15.2. The molecule has 1 amide bonds. The molecule has 154 valence electrons. The number of carbonyl (C=O) groups is 2. The van der Waals surface area contributed by atoms with E-state index >= 15 is 0 Å². The maximum absolute atomic E-state index is 13.0. The van der Waals surface area contributed by atoms with Crippen LogP contribution < -0.4 is 5.32 Å². The second-order valence-electron chi connectivity index (χ2n) is 6.12. The maximum Gasteiger partial charge on any atom is 0.416 e. The molecule has 0 aliphatic heterocycles. The van der Waals surface area contributed by atoms with Gasteiger partial charge in [-0.1, -0.05) is 41.9 Å². The number of alkyl halides is 3. The van der Waals surface area contributed by atoms with Crippen LogP contribution in [-0.2, 0) is 15.7 Å². The van der Waals surface area contributed by atoms with Gasteiger partial charge in [-0.3, -0.25) is 9.78 Å². The highest BCUT2D eigenvalue weighted by atomic mass is 35.5. The molecule has 1 atom stereocenters. The van der Waals surface area contributed by atoms with E-state index < -0.39 is 29.7 Å². The Labute approximate surface area is 174 Å². The molecule has 0 aliphatic rings. The van der Waals surface area contributed by atoms with Crippen LogP contribution >= 0.6 is 11.6 Å².